The van der Waals surface area contributed by atoms with Gasteiger partial charge in [0.1, 0.15) is 17.7 Å². The molecule has 0 radical (unpaired) electrons. The fraction of sp³-hybridized carbons (Fsp3) is 0. The van der Waals surface area contributed by atoms with Crippen LogP contribution < -0.4 is 5.32 Å². The van der Waals surface area contributed by atoms with E-state index in [0.29, 0.717) is 17.1 Å². The molecule has 2 rings (SSSR count). The third-order valence-electron chi connectivity index (χ3n) is 2.08. The molecule has 1 heterocycles. The topological polar surface area (TPSA) is 48.7 Å². The van der Waals surface area contributed by atoms with Gasteiger partial charge < -0.3 is 5.32 Å². The Balaban J connectivity index is 2.20. The van der Waals surface area contributed by atoms with Gasteiger partial charge in [-0.1, -0.05) is 11.6 Å². The molecule has 0 saturated heterocycles. The Labute approximate surface area is 102 Å². The Kier molecular flexibility index (Phi) is 3.22. The fourth-order valence-corrected chi connectivity index (χ4v) is 1.37. The molecule has 0 saturated carbocycles. The molecule has 1 aromatic heterocycles. The molecule has 1 aromatic carbocycles. The summed E-state index contributed by atoms with van der Waals surface area (Å²) < 4.78 is 13.2. The van der Waals surface area contributed by atoms with Gasteiger partial charge in [0.25, 0.3) is 0 Å². The highest BCUT2D eigenvalue weighted by atomic mass is 35.5. The lowest BCUT2D eigenvalue weighted by Crippen LogP contribution is -1.94. The van der Waals surface area contributed by atoms with Crippen molar-refractivity contribution in [3.05, 3.63) is 52.9 Å². The summed E-state index contributed by atoms with van der Waals surface area (Å²) in [6, 6.07) is 9.62. The summed E-state index contributed by atoms with van der Waals surface area (Å²) in [7, 11) is 0. The van der Waals surface area contributed by atoms with Crippen molar-refractivity contribution in [3.8, 4) is 6.07 Å². The van der Waals surface area contributed by atoms with Crippen molar-refractivity contribution in [1.82, 2.24) is 4.98 Å². The molecule has 84 valence electrons. The molecular weight excluding hydrogens is 241 g/mol. The summed E-state index contributed by atoms with van der Waals surface area (Å²) in [5, 5.41) is 11.6. The summed E-state index contributed by atoms with van der Waals surface area (Å²) in [5.74, 6) is 0.0380. The average molecular weight is 248 g/mol. The third kappa shape index (κ3) is 2.71. The second-order valence-electron chi connectivity index (χ2n) is 3.30. The zero-order chi connectivity index (χ0) is 12.3. The molecule has 5 heteroatoms. The van der Waals surface area contributed by atoms with E-state index in [0.717, 1.165) is 0 Å². The molecule has 0 aliphatic rings. The molecular formula is C12H7ClFN3. The molecule has 0 bridgehead atoms. The number of nitrogens with zero attached hydrogens (tertiary/aromatic N) is 2. The fourth-order valence-electron chi connectivity index (χ4n) is 1.26. The minimum Gasteiger partial charge on any atom is -0.340 e. The molecule has 0 atom stereocenters. The molecule has 0 amide bonds. The van der Waals surface area contributed by atoms with Crippen LogP contribution in [0.4, 0.5) is 15.9 Å². The highest BCUT2D eigenvalue weighted by molar-refractivity contribution is 6.30. The Bertz CT molecular complexity index is 575. The third-order valence-corrected chi connectivity index (χ3v) is 2.39. The lowest BCUT2D eigenvalue weighted by Gasteiger charge is -2.05. The lowest BCUT2D eigenvalue weighted by molar-refractivity contribution is 0.629. The number of halogens is 2. The monoisotopic (exact) mass is 247 g/mol. The van der Waals surface area contributed by atoms with Crippen LogP contribution in [0, 0.1) is 17.1 Å². The average Bonchev–Trinajstić information content (AvgIpc) is 2.35. The Hall–Kier alpha value is -2.12. The van der Waals surface area contributed by atoms with Gasteiger partial charge in [-0.25, -0.2) is 9.37 Å². The van der Waals surface area contributed by atoms with Gasteiger partial charge in [0.05, 0.1) is 10.6 Å². The highest BCUT2D eigenvalue weighted by Crippen LogP contribution is 2.21. The Morgan fingerprint density at radius 1 is 1.29 bits per heavy atom. The quantitative estimate of drug-likeness (QED) is 0.884. The van der Waals surface area contributed by atoms with E-state index in [4.69, 9.17) is 16.9 Å². The van der Waals surface area contributed by atoms with E-state index in [1.807, 2.05) is 6.07 Å². The van der Waals surface area contributed by atoms with E-state index in [-0.39, 0.29) is 5.02 Å². The molecule has 0 aliphatic heterocycles. The van der Waals surface area contributed by atoms with Crippen LogP contribution in [0.2, 0.25) is 5.02 Å². The first-order chi connectivity index (χ1) is 8.19. The van der Waals surface area contributed by atoms with Crippen LogP contribution in [-0.2, 0) is 0 Å². The smallest absolute Gasteiger partial charge is 0.143 e. The van der Waals surface area contributed by atoms with Gasteiger partial charge in [0.15, 0.2) is 0 Å². The highest BCUT2D eigenvalue weighted by Gasteiger charge is 2.02. The van der Waals surface area contributed by atoms with Gasteiger partial charge in [-0.3, -0.25) is 0 Å². The van der Waals surface area contributed by atoms with Crippen molar-refractivity contribution in [3.63, 3.8) is 0 Å². The maximum Gasteiger partial charge on any atom is 0.143 e. The van der Waals surface area contributed by atoms with Crippen LogP contribution in [0.1, 0.15) is 5.56 Å². The number of pyridine rings is 1. The van der Waals surface area contributed by atoms with Crippen LogP contribution >= 0.6 is 11.6 Å². The lowest BCUT2D eigenvalue weighted by atomic mass is 10.3. The molecule has 2 aromatic rings. The number of rotatable bonds is 2. The van der Waals surface area contributed by atoms with Crippen LogP contribution in [0.15, 0.2) is 36.5 Å². The van der Waals surface area contributed by atoms with Crippen molar-refractivity contribution in [2.45, 2.75) is 0 Å². The van der Waals surface area contributed by atoms with E-state index in [1.54, 1.807) is 18.2 Å². The van der Waals surface area contributed by atoms with Crippen LogP contribution in [0.3, 0.4) is 0 Å². The normalized spacial score (nSPS) is 9.71. The molecule has 3 nitrogen and oxygen atoms in total. The van der Waals surface area contributed by atoms with E-state index in [2.05, 4.69) is 10.3 Å². The van der Waals surface area contributed by atoms with Gasteiger partial charge in [0, 0.05) is 11.9 Å². The van der Waals surface area contributed by atoms with E-state index < -0.39 is 5.82 Å². The summed E-state index contributed by atoms with van der Waals surface area (Å²) >= 11 is 5.57. The number of hydrogen-bond donors (Lipinski definition) is 1. The molecule has 0 aliphatic carbocycles. The maximum atomic E-state index is 13.2. The predicted molar refractivity (Wildman–Crippen MR) is 63.6 cm³/mol. The van der Waals surface area contributed by atoms with Crippen molar-refractivity contribution in [1.29, 1.82) is 5.26 Å². The molecule has 17 heavy (non-hydrogen) atoms. The first-order valence-electron chi connectivity index (χ1n) is 4.77. The number of nitriles is 1. The minimum atomic E-state index is -0.495. The summed E-state index contributed by atoms with van der Waals surface area (Å²) in [5.41, 5.74) is 1.02. The van der Waals surface area contributed by atoms with Crippen molar-refractivity contribution in [2.24, 2.45) is 0 Å². The Morgan fingerprint density at radius 2 is 2.12 bits per heavy atom. The van der Waals surface area contributed by atoms with Gasteiger partial charge in [-0.15, -0.1) is 0 Å². The second-order valence-corrected chi connectivity index (χ2v) is 3.71. The molecule has 0 spiro atoms. The van der Waals surface area contributed by atoms with E-state index in [1.165, 1.54) is 18.3 Å². The summed E-state index contributed by atoms with van der Waals surface area (Å²) in [6.07, 6.45) is 1.44. The van der Waals surface area contributed by atoms with Gasteiger partial charge >= 0.3 is 0 Å². The SMILES string of the molecule is N#Cc1ccc(Nc2ccc(Cl)c(F)c2)nc1. The first kappa shape index (κ1) is 11.4. The Morgan fingerprint density at radius 3 is 2.71 bits per heavy atom. The van der Waals surface area contributed by atoms with Gasteiger partial charge in [-0.05, 0) is 30.3 Å². The number of nitrogens with one attached hydrogen (secondary N) is 1. The first-order valence-corrected chi connectivity index (χ1v) is 5.15. The minimum absolute atomic E-state index is 0.0725. The van der Waals surface area contributed by atoms with Crippen molar-refractivity contribution >= 4 is 23.1 Å². The largest absolute Gasteiger partial charge is 0.340 e. The predicted octanol–water partition coefficient (Wildman–Crippen LogP) is 3.49. The van der Waals surface area contributed by atoms with Crippen LogP contribution in [0.25, 0.3) is 0 Å². The van der Waals surface area contributed by atoms with Crippen molar-refractivity contribution < 1.29 is 4.39 Å². The van der Waals surface area contributed by atoms with E-state index >= 15 is 0 Å². The zero-order valence-electron chi connectivity index (χ0n) is 8.61. The standard InChI is InChI=1S/C12H7ClFN3/c13-10-3-2-9(5-11(10)14)17-12-4-1-8(6-15)7-16-12/h1-5,7H,(H,16,17). The summed E-state index contributed by atoms with van der Waals surface area (Å²) in [6.45, 7) is 0. The number of hydrogen-bond acceptors (Lipinski definition) is 3. The van der Waals surface area contributed by atoms with Gasteiger partial charge in [0.2, 0.25) is 0 Å². The summed E-state index contributed by atoms with van der Waals surface area (Å²) in [4.78, 5) is 4.01. The van der Waals surface area contributed by atoms with Crippen molar-refractivity contribution in [2.75, 3.05) is 5.32 Å². The molecule has 0 fully saturated rings. The number of anilines is 2. The van der Waals surface area contributed by atoms with Crippen LogP contribution in [0.5, 0.6) is 0 Å². The number of aromatic nitrogens is 1. The van der Waals surface area contributed by atoms with Gasteiger partial charge in [-0.2, -0.15) is 5.26 Å². The number of benzene rings is 1. The molecule has 0 unspecified atom stereocenters. The second kappa shape index (κ2) is 4.81. The zero-order valence-corrected chi connectivity index (χ0v) is 9.37. The molecule has 1 N–H and O–H groups in total. The maximum absolute atomic E-state index is 13.2. The van der Waals surface area contributed by atoms with Crippen LogP contribution in [-0.4, -0.2) is 4.98 Å². The van der Waals surface area contributed by atoms with E-state index in [9.17, 15) is 4.39 Å².